The smallest absolute Gasteiger partial charge is 0.144 e. The Kier molecular flexibility index (Phi) is 6.62. The van der Waals surface area contributed by atoms with Crippen LogP contribution in [0.15, 0.2) is 16.6 Å². The van der Waals surface area contributed by atoms with Crippen LogP contribution in [0.5, 0.6) is 0 Å². The molecule has 0 radical (unpaired) electrons. The zero-order valence-electron chi connectivity index (χ0n) is 10.2. The highest BCUT2D eigenvalue weighted by molar-refractivity contribution is 9.10. The Bertz CT molecular complexity index is 436. The summed E-state index contributed by atoms with van der Waals surface area (Å²) in [4.78, 5) is 1.95. The van der Waals surface area contributed by atoms with Crippen molar-refractivity contribution in [1.82, 2.24) is 4.90 Å². The van der Waals surface area contributed by atoms with E-state index in [1.807, 2.05) is 4.90 Å². The monoisotopic (exact) mass is 356 g/mol. The van der Waals surface area contributed by atoms with E-state index < -0.39 is 11.6 Å². The Morgan fingerprint density at radius 2 is 2.16 bits per heavy atom. The lowest BCUT2D eigenvalue weighted by Crippen LogP contribution is -2.45. The van der Waals surface area contributed by atoms with Crippen LogP contribution in [0, 0.1) is 11.6 Å². The molecule has 0 bridgehead atoms. The number of nitrogens with two attached hydrogens (primary N) is 1. The number of rotatable bonds is 3. The Hall–Kier alpha value is -0.270. The second-order valence-corrected chi connectivity index (χ2v) is 5.14. The molecular formula is C12H16BrClF2N2O. The first-order chi connectivity index (χ1) is 8.61. The summed E-state index contributed by atoms with van der Waals surface area (Å²) in [6, 6.07) is 2.64. The molecule has 1 aromatic carbocycles. The SMILES string of the molecule is Cl.NCC1CN(Cc2c(F)ccc(Br)c2F)CCO1. The van der Waals surface area contributed by atoms with Crippen molar-refractivity contribution in [3.63, 3.8) is 0 Å². The predicted molar refractivity (Wildman–Crippen MR) is 75.4 cm³/mol. The van der Waals surface area contributed by atoms with E-state index in [2.05, 4.69) is 15.9 Å². The largest absolute Gasteiger partial charge is 0.374 e. The number of nitrogens with zero attached hydrogens (tertiary/aromatic N) is 1. The third kappa shape index (κ3) is 4.10. The van der Waals surface area contributed by atoms with Crippen molar-refractivity contribution >= 4 is 28.3 Å². The maximum Gasteiger partial charge on any atom is 0.144 e. The molecule has 0 amide bonds. The molecular weight excluding hydrogens is 341 g/mol. The summed E-state index contributed by atoms with van der Waals surface area (Å²) in [5.41, 5.74) is 5.62. The summed E-state index contributed by atoms with van der Waals surface area (Å²) in [7, 11) is 0. The summed E-state index contributed by atoms with van der Waals surface area (Å²) in [5.74, 6) is -1.06. The molecule has 0 saturated carbocycles. The van der Waals surface area contributed by atoms with Crippen LogP contribution in [-0.4, -0.2) is 37.2 Å². The highest BCUT2D eigenvalue weighted by Crippen LogP contribution is 2.23. The predicted octanol–water partition coefficient (Wildman–Crippen LogP) is 2.31. The molecule has 7 heteroatoms. The third-order valence-electron chi connectivity index (χ3n) is 3.01. The van der Waals surface area contributed by atoms with Gasteiger partial charge in [0, 0.05) is 31.7 Å². The summed E-state index contributed by atoms with van der Waals surface area (Å²) < 4.78 is 33.1. The molecule has 1 aliphatic heterocycles. The van der Waals surface area contributed by atoms with Crippen molar-refractivity contribution < 1.29 is 13.5 Å². The molecule has 1 aliphatic rings. The van der Waals surface area contributed by atoms with Gasteiger partial charge in [0.2, 0.25) is 0 Å². The molecule has 1 fully saturated rings. The van der Waals surface area contributed by atoms with Gasteiger partial charge in [-0.2, -0.15) is 0 Å². The average Bonchev–Trinajstić information content (AvgIpc) is 2.39. The summed E-state index contributed by atoms with van der Waals surface area (Å²) >= 11 is 3.07. The van der Waals surface area contributed by atoms with Crippen LogP contribution in [0.1, 0.15) is 5.56 Å². The molecule has 2 N–H and O–H groups in total. The fraction of sp³-hybridized carbons (Fsp3) is 0.500. The first kappa shape index (κ1) is 16.8. The molecule has 19 heavy (non-hydrogen) atoms. The minimum absolute atomic E-state index is 0. The maximum absolute atomic E-state index is 13.8. The van der Waals surface area contributed by atoms with Crippen LogP contribution in [-0.2, 0) is 11.3 Å². The summed E-state index contributed by atoms with van der Waals surface area (Å²) in [5, 5.41) is 0. The fourth-order valence-corrected chi connectivity index (χ4v) is 2.38. The Morgan fingerprint density at radius 1 is 1.42 bits per heavy atom. The van der Waals surface area contributed by atoms with Crippen molar-refractivity contribution in [1.29, 1.82) is 0 Å². The number of halogens is 4. The van der Waals surface area contributed by atoms with Crippen molar-refractivity contribution in [2.24, 2.45) is 5.73 Å². The van der Waals surface area contributed by atoms with Crippen molar-refractivity contribution in [3.05, 3.63) is 33.8 Å². The van der Waals surface area contributed by atoms with Crippen LogP contribution >= 0.6 is 28.3 Å². The standard InChI is InChI=1S/C12H15BrF2N2O.ClH/c13-10-1-2-11(14)9(12(10)15)7-17-3-4-18-8(5-16)6-17;/h1-2,8H,3-7,16H2;1H. The zero-order valence-corrected chi connectivity index (χ0v) is 12.6. The van der Waals surface area contributed by atoms with Crippen LogP contribution < -0.4 is 5.73 Å². The quantitative estimate of drug-likeness (QED) is 0.844. The average molecular weight is 358 g/mol. The van der Waals surface area contributed by atoms with Gasteiger partial charge in [0.1, 0.15) is 11.6 Å². The van der Waals surface area contributed by atoms with Gasteiger partial charge in [-0.05, 0) is 28.1 Å². The van der Waals surface area contributed by atoms with Gasteiger partial charge in [-0.3, -0.25) is 4.90 Å². The van der Waals surface area contributed by atoms with Crippen molar-refractivity contribution in [3.8, 4) is 0 Å². The summed E-state index contributed by atoms with van der Waals surface area (Å²) in [6.45, 7) is 2.44. The first-order valence-electron chi connectivity index (χ1n) is 5.78. The minimum Gasteiger partial charge on any atom is -0.374 e. The van der Waals surface area contributed by atoms with Gasteiger partial charge in [0.25, 0.3) is 0 Å². The topological polar surface area (TPSA) is 38.5 Å². The van der Waals surface area contributed by atoms with E-state index >= 15 is 0 Å². The number of hydrogen-bond acceptors (Lipinski definition) is 3. The van der Waals surface area contributed by atoms with E-state index in [-0.39, 0.29) is 35.1 Å². The minimum atomic E-state index is -0.536. The molecule has 0 aromatic heterocycles. The molecule has 1 heterocycles. The van der Waals surface area contributed by atoms with Crippen LogP contribution in [0.2, 0.25) is 0 Å². The Labute approximate surface area is 125 Å². The third-order valence-corrected chi connectivity index (χ3v) is 3.62. The van der Waals surface area contributed by atoms with Crippen molar-refractivity contribution in [2.45, 2.75) is 12.6 Å². The van der Waals surface area contributed by atoms with Gasteiger partial charge in [-0.25, -0.2) is 8.78 Å². The van der Waals surface area contributed by atoms with Gasteiger partial charge in [0.15, 0.2) is 0 Å². The van der Waals surface area contributed by atoms with Crippen LogP contribution in [0.4, 0.5) is 8.78 Å². The molecule has 1 atom stereocenters. The zero-order chi connectivity index (χ0) is 13.1. The normalized spacial score (nSPS) is 20.1. The number of ether oxygens (including phenoxy) is 1. The molecule has 1 saturated heterocycles. The van der Waals surface area contributed by atoms with Gasteiger partial charge >= 0.3 is 0 Å². The van der Waals surface area contributed by atoms with Gasteiger partial charge in [0.05, 0.1) is 17.2 Å². The molecule has 108 valence electrons. The van der Waals surface area contributed by atoms with Crippen LogP contribution in [0.3, 0.4) is 0 Å². The number of hydrogen-bond donors (Lipinski definition) is 1. The van der Waals surface area contributed by atoms with E-state index in [4.69, 9.17) is 10.5 Å². The lowest BCUT2D eigenvalue weighted by atomic mass is 10.1. The second kappa shape index (κ2) is 7.50. The summed E-state index contributed by atoms with van der Waals surface area (Å²) in [6.07, 6.45) is -0.0583. The highest BCUT2D eigenvalue weighted by atomic mass is 79.9. The molecule has 2 rings (SSSR count). The second-order valence-electron chi connectivity index (χ2n) is 4.29. The van der Waals surface area contributed by atoms with Gasteiger partial charge in [-0.15, -0.1) is 12.4 Å². The van der Waals surface area contributed by atoms with E-state index in [1.165, 1.54) is 12.1 Å². The highest BCUT2D eigenvalue weighted by Gasteiger charge is 2.22. The van der Waals surface area contributed by atoms with E-state index in [9.17, 15) is 8.78 Å². The molecule has 1 unspecified atom stereocenters. The lowest BCUT2D eigenvalue weighted by molar-refractivity contribution is -0.0266. The molecule has 0 spiro atoms. The number of benzene rings is 1. The molecule has 1 aromatic rings. The first-order valence-corrected chi connectivity index (χ1v) is 6.57. The number of morpholine rings is 1. The Balaban J connectivity index is 0.00000180. The van der Waals surface area contributed by atoms with E-state index in [1.54, 1.807) is 0 Å². The lowest BCUT2D eigenvalue weighted by Gasteiger charge is -2.32. The van der Waals surface area contributed by atoms with E-state index in [0.29, 0.717) is 26.2 Å². The maximum atomic E-state index is 13.8. The van der Waals surface area contributed by atoms with Gasteiger partial charge < -0.3 is 10.5 Å². The molecule has 3 nitrogen and oxygen atoms in total. The van der Waals surface area contributed by atoms with Crippen molar-refractivity contribution in [2.75, 3.05) is 26.2 Å². The van der Waals surface area contributed by atoms with Crippen LogP contribution in [0.25, 0.3) is 0 Å². The van der Waals surface area contributed by atoms with Gasteiger partial charge in [-0.1, -0.05) is 0 Å². The molecule has 0 aliphatic carbocycles. The Morgan fingerprint density at radius 3 is 2.84 bits per heavy atom. The van der Waals surface area contributed by atoms with E-state index in [0.717, 1.165) is 0 Å². The fourth-order valence-electron chi connectivity index (χ4n) is 2.00.